The van der Waals surface area contributed by atoms with E-state index in [4.69, 9.17) is 0 Å². The van der Waals surface area contributed by atoms with Crippen LogP contribution in [0, 0.1) is 5.82 Å². The lowest BCUT2D eigenvalue weighted by molar-refractivity contribution is 0.0820. The first-order valence-corrected chi connectivity index (χ1v) is 9.79. The fraction of sp³-hybridized carbons (Fsp3) is 0.364. The van der Waals surface area contributed by atoms with Crippen LogP contribution in [0.25, 0.3) is 11.0 Å². The van der Waals surface area contributed by atoms with Crippen molar-refractivity contribution in [2.75, 3.05) is 0 Å². The normalized spacial score (nSPS) is 20.1. The topological polar surface area (TPSA) is 67.2 Å². The molecule has 1 aromatic carbocycles. The summed E-state index contributed by atoms with van der Waals surface area (Å²) in [7, 11) is 0. The number of carbonyl (C=O) groups excluding carboxylic acids is 1. The van der Waals surface area contributed by atoms with Gasteiger partial charge in [-0.1, -0.05) is 31.4 Å². The second-order valence-electron chi connectivity index (χ2n) is 7.45. The summed E-state index contributed by atoms with van der Waals surface area (Å²) in [6.45, 7) is 0.516. The third kappa shape index (κ3) is 3.92. The van der Waals surface area contributed by atoms with Gasteiger partial charge in [0.05, 0.1) is 23.2 Å². The van der Waals surface area contributed by atoms with Crippen LogP contribution < -0.4 is 5.32 Å². The van der Waals surface area contributed by atoms with E-state index >= 15 is 0 Å². The lowest BCUT2D eigenvalue weighted by Crippen LogP contribution is -2.42. The van der Waals surface area contributed by atoms with Gasteiger partial charge in [0, 0.05) is 18.9 Å². The van der Waals surface area contributed by atoms with Gasteiger partial charge in [-0.3, -0.25) is 9.78 Å². The van der Waals surface area contributed by atoms with Crippen LogP contribution in [0.3, 0.4) is 0 Å². The van der Waals surface area contributed by atoms with Gasteiger partial charge in [-0.15, -0.1) is 0 Å². The molecule has 0 spiro atoms. The molecule has 1 amide bonds. The van der Waals surface area contributed by atoms with E-state index in [2.05, 4.69) is 10.3 Å². The highest BCUT2D eigenvalue weighted by molar-refractivity contribution is 6.05. The summed E-state index contributed by atoms with van der Waals surface area (Å²) in [4.78, 5) is 17.4. The number of halogens is 1. The summed E-state index contributed by atoms with van der Waals surface area (Å²) < 4.78 is 15.1. The van der Waals surface area contributed by atoms with Gasteiger partial charge < -0.3 is 15.0 Å². The zero-order chi connectivity index (χ0) is 19.5. The summed E-state index contributed by atoms with van der Waals surface area (Å²) >= 11 is 0. The molecule has 1 saturated carbocycles. The molecule has 6 heteroatoms. The molecule has 2 N–H and O–H groups in total. The molecule has 28 heavy (non-hydrogen) atoms. The number of fused-ring (bicyclic) bond motifs is 1. The van der Waals surface area contributed by atoms with E-state index in [9.17, 15) is 14.3 Å². The van der Waals surface area contributed by atoms with E-state index in [1.807, 2.05) is 16.7 Å². The Hall–Kier alpha value is -2.73. The second kappa shape index (κ2) is 8.10. The predicted molar refractivity (Wildman–Crippen MR) is 106 cm³/mol. The summed E-state index contributed by atoms with van der Waals surface area (Å²) in [5.41, 5.74) is 2.91. The van der Waals surface area contributed by atoms with Crippen molar-refractivity contribution in [2.24, 2.45) is 0 Å². The summed E-state index contributed by atoms with van der Waals surface area (Å²) in [5.74, 6) is -0.489. The Labute approximate surface area is 163 Å². The number of nitrogens with one attached hydrogen (secondary N) is 1. The average Bonchev–Trinajstić information content (AvgIpc) is 2.94. The van der Waals surface area contributed by atoms with Crippen LogP contribution in [0.4, 0.5) is 4.39 Å². The molecule has 5 nitrogen and oxygen atoms in total. The van der Waals surface area contributed by atoms with E-state index in [0.29, 0.717) is 17.6 Å². The third-order valence-electron chi connectivity index (χ3n) is 5.44. The van der Waals surface area contributed by atoms with Crippen molar-refractivity contribution in [2.45, 2.75) is 50.8 Å². The number of pyridine rings is 1. The molecular formula is C22H24FN3O2. The van der Waals surface area contributed by atoms with Gasteiger partial charge >= 0.3 is 0 Å². The molecule has 2 unspecified atom stereocenters. The first-order chi connectivity index (χ1) is 13.6. The van der Waals surface area contributed by atoms with Crippen LogP contribution >= 0.6 is 0 Å². The molecule has 0 saturated heterocycles. The number of aliphatic hydroxyl groups is 1. The maximum Gasteiger partial charge on any atom is 0.255 e. The van der Waals surface area contributed by atoms with E-state index in [0.717, 1.165) is 43.2 Å². The molecule has 1 fully saturated rings. The van der Waals surface area contributed by atoms with E-state index in [-0.39, 0.29) is 17.8 Å². The molecule has 0 bridgehead atoms. The third-order valence-corrected chi connectivity index (χ3v) is 5.44. The number of aromatic nitrogens is 2. The fourth-order valence-electron chi connectivity index (χ4n) is 3.91. The first-order valence-electron chi connectivity index (χ1n) is 9.79. The van der Waals surface area contributed by atoms with Crippen molar-refractivity contribution in [3.05, 3.63) is 65.7 Å². The van der Waals surface area contributed by atoms with Gasteiger partial charge in [-0.05, 0) is 42.7 Å². The molecule has 0 radical (unpaired) electrons. The Bertz CT molecular complexity index is 968. The van der Waals surface area contributed by atoms with Crippen molar-refractivity contribution < 1.29 is 14.3 Å². The maximum absolute atomic E-state index is 13.2. The number of aliphatic hydroxyl groups excluding tert-OH is 1. The SMILES string of the molecule is O=C(NC1CCCCCC1O)c1cn(Cc2ccc(F)cc2)c2cccnc12. The number of hydrogen-bond donors (Lipinski definition) is 2. The molecule has 3 aromatic rings. The van der Waals surface area contributed by atoms with Gasteiger partial charge in [-0.2, -0.15) is 0 Å². The molecule has 2 aromatic heterocycles. The Balaban J connectivity index is 1.61. The highest BCUT2D eigenvalue weighted by atomic mass is 19.1. The Morgan fingerprint density at radius 1 is 1.18 bits per heavy atom. The summed E-state index contributed by atoms with van der Waals surface area (Å²) in [6.07, 6.45) is 7.54. The highest BCUT2D eigenvalue weighted by Gasteiger charge is 2.25. The number of hydrogen-bond acceptors (Lipinski definition) is 3. The molecule has 2 heterocycles. The van der Waals surface area contributed by atoms with Crippen LogP contribution in [0.1, 0.15) is 48.0 Å². The van der Waals surface area contributed by atoms with Crippen LogP contribution in [0.5, 0.6) is 0 Å². The van der Waals surface area contributed by atoms with Crippen molar-refractivity contribution in [1.29, 1.82) is 0 Å². The lowest BCUT2D eigenvalue weighted by Gasteiger charge is -2.21. The van der Waals surface area contributed by atoms with Crippen LogP contribution in [0.15, 0.2) is 48.8 Å². The Morgan fingerprint density at radius 2 is 1.96 bits per heavy atom. The summed E-state index contributed by atoms with van der Waals surface area (Å²) in [5, 5.41) is 13.3. The van der Waals surface area contributed by atoms with E-state index in [1.165, 1.54) is 12.1 Å². The zero-order valence-electron chi connectivity index (χ0n) is 15.6. The van der Waals surface area contributed by atoms with Crippen LogP contribution in [-0.4, -0.2) is 32.7 Å². The largest absolute Gasteiger partial charge is 0.391 e. The molecule has 1 aliphatic rings. The fourth-order valence-corrected chi connectivity index (χ4v) is 3.91. The lowest BCUT2D eigenvalue weighted by atomic mass is 10.1. The number of benzene rings is 1. The monoisotopic (exact) mass is 381 g/mol. The standard InChI is InChI=1S/C22H24FN3O2/c23-16-10-8-15(9-11-16)13-26-14-17(21-19(26)6-4-12-24-21)22(28)25-18-5-2-1-3-7-20(18)27/h4,6,8-12,14,18,20,27H,1-3,5,7,13H2,(H,25,28). The van der Waals surface area contributed by atoms with Crippen molar-refractivity contribution in [3.8, 4) is 0 Å². The van der Waals surface area contributed by atoms with Gasteiger partial charge in [-0.25, -0.2) is 4.39 Å². The van der Waals surface area contributed by atoms with E-state index in [1.54, 1.807) is 24.5 Å². The zero-order valence-corrected chi connectivity index (χ0v) is 15.6. The predicted octanol–water partition coefficient (Wildman–Crippen LogP) is 3.65. The van der Waals surface area contributed by atoms with Gasteiger partial charge in [0.15, 0.2) is 0 Å². The molecule has 4 rings (SSSR count). The van der Waals surface area contributed by atoms with Crippen LogP contribution in [0.2, 0.25) is 0 Å². The van der Waals surface area contributed by atoms with E-state index < -0.39 is 6.10 Å². The molecular weight excluding hydrogens is 357 g/mol. The smallest absolute Gasteiger partial charge is 0.255 e. The van der Waals surface area contributed by atoms with Gasteiger partial charge in [0.1, 0.15) is 11.3 Å². The Kier molecular flexibility index (Phi) is 5.39. The minimum atomic E-state index is -0.507. The number of nitrogens with zero attached hydrogens (tertiary/aromatic N) is 2. The highest BCUT2D eigenvalue weighted by Crippen LogP contribution is 2.23. The molecule has 0 aliphatic heterocycles. The second-order valence-corrected chi connectivity index (χ2v) is 7.45. The number of carbonyl (C=O) groups is 1. The average molecular weight is 381 g/mol. The molecule has 1 aliphatic carbocycles. The van der Waals surface area contributed by atoms with Gasteiger partial charge in [0.2, 0.25) is 0 Å². The van der Waals surface area contributed by atoms with Crippen molar-refractivity contribution in [3.63, 3.8) is 0 Å². The maximum atomic E-state index is 13.2. The number of amides is 1. The minimum Gasteiger partial charge on any atom is -0.391 e. The van der Waals surface area contributed by atoms with Gasteiger partial charge in [0.25, 0.3) is 5.91 Å². The quantitative estimate of drug-likeness (QED) is 0.678. The van der Waals surface area contributed by atoms with Crippen molar-refractivity contribution >= 4 is 16.9 Å². The number of rotatable bonds is 4. The summed E-state index contributed by atoms with van der Waals surface area (Å²) in [6, 6.07) is 9.86. The minimum absolute atomic E-state index is 0.215. The van der Waals surface area contributed by atoms with Crippen molar-refractivity contribution in [1.82, 2.24) is 14.9 Å². The Morgan fingerprint density at radius 3 is 2.79 bits per heavy atom. The van der Waals surface area contributed by atoms with Crippen LogP contribution in [-0.2, 0) is 6.54 Å². The molecule has 146 valence electrons. The molecule has 2 atom stereocenters. The first kappa shape index (κ1) is 18.6.